The molecule has 1 aliphatic carbocycles. The Labute approximate surface area is 108 Å². The van der Waals surface area contributed by atoms with E-state index in [9.17, 15) is 4.79 Å². The standard InChI is InChI=1S/C14H23NO3/c1-12(2)10-4-7-15-11(16)13(10,3)5-6-14(12)17-8-9-18-14/h10H,4-9H2,1-3H3,(H,15,16)/t10-,13+/m1/s1. The largest absolute Gasteiger partial charge is 0.356 e. The lowest BCUT2D eigenvalue weighted by Gasteiger charge is -2.58. The molecule has 0 aromatic carbocycles. The van der Waals surface area contributed by atoms with Crippen LogP contribution in [0.4, 0.5) is 0 Å². The summed E-state index contributed by atoms with van der Waals surface area (Å²) in [5, 5.41) is 3.02. The minimum absolute atomic E-state index is 0.117. The molecular weight excluding hydrogens is 230 g/mol. The first-order chi connectivity index (χ1) is 8.42. The Morgan fingerprint density at radius 1 is 1.17 bits per heavy atom. The van der Waals surface area contributed by atoms with E-state index in [1.54, 1.807) is 0 Å². The van der Waals surface area contributed by atoms with E-state index in [0.717, 1.165) is 25.8 Å². The third-order valence-corrected chi connectivity index (χ3v) is 5.59. The van der Waals surface area contributed by atoms with Crippen molar-refractivity contribution in [3.63, 3.8) is 0 Å². The van der Waals surface area contributed by atoms with Gasteiger partial charge in [-0.3, -0.25) is 4.79 Å². The van der Waals surface area contributed by atoms with Crippen molar-refractivity contribution in [3.8, 4) is 0 Å². The zero-order valence-electron chi connectivity index (χ0n) is 11.5. The number of carbonyl (C=O) groups excluding carboxylic acids is 1. The number of nitrogens with one attached hydrogen (secondary N) is 1. The van der Waals surface area contributed by atoms with Gasteiger partial charge in [-0.25, -0.2) is 0 Å². The number of carbonyl (C=O) groups is 1. The van der Waals surface area contributed by atoms with Gasteiger partial charge in [0, 0.05) is 18.4 Å². The minimum Gasteiger partial charge on any atom is -0.356 e. The van der Waals surface area contributed by atoms with Crippen LogP contribution in [0.25, 0.3) is 0 Å². The van der Waals surface area contributed by atoms with Gasteiger partial charge in [-0.2, -0.15) is 0 Å². The predicted molar refractivity (Wildman–Crippen MR) is 66.9 cm³/mol. The first-order valence-electron chi connectivity index (χ1n) is 6.99. The van der Waals surface area contributed by atoms with Crippen molar-refractivity contribution in [2.45, 2.75) is 45.8 Å². The van der Waals surface area contributed by atoms with Crippen molar-refractivity contribution in [2.24, 2.45) is 16.7 Å². The van der Waals surface area contributed by atoms with Crippen molar-refractivity contribution in [2.75, 3.05) is 19.8 Å². The van der Waals surface area contributed by atoms with E-state index in [-0.39, 0.29) is 16.7 Å². The maximum atomic E-state index is 12.2. The fourth-order valence-electron chi connectivity index (χ4n) is 4.44. The molecule has 3 rings (SSSR count). The molecule has 0 unspecified atom stereocenters. The van der Waals surface area contributed by atoms with Gasteiger partial charge < -0.3 is 14.8 Å². The van der Waals surface area contributed by atoms with E-state index in [1.807, 2.05) is 0 Å². The van der Waals surface area contributed by atoms with Crippen molar-refractivity contribution < 1.29 is 14.3 Å². The van der Waals surface area contributed by atoms with E-state index in [2.05, 4.69) is 26.1 Å². The topological polar surface area (TPSA) is 47.6 Å². The van der Waals surface area contributed by atoms with Gasteiger partial charge in [0.15, 0.2) is 5.79 Å². The smallest absolute Gasteiger partial charge is 0.226 e. The van der Waals surface area contributed by atoms with Gasteiger partial charge in [0.2, 0.25) is 5.91 Å². The molecule has 2 saturated heterocycles. The predicted octanol–water partition coefficient (Wildman–Crippen LogP) is 1.69. The van der Waals surface area contributed by atoms with Crippen LogP contribution in [0.3, 0.4) is 0 Å². The summed E-state index contributed by atoms with van der Waals surface area (Å²) in [6, 6.07) is 0. The molecule has 1 saturated carbocycles. The van der Waals surface area contributed by atoms with Crippen LogP contribution in [0.2, 0.25) is 0 Å². The van der Waals surface area contributed by atoms with Crippen LogP contribution in [-0.4, -0.2) is 31.5 Å². The first kappa shape index (κ1) is 12.4. The number of fused-ring (bicyclic) bond motifs is 1. The molecule has 102 valence electrons. The lowest BCUT2D eigenvalue weighted by Crippen LogP contribution is -2.64. The molecule has 1 spiro atoms. The van der Waals surface area contributed by atoms with E-state index < -0.39 is 5.79 Å². The summed E-state index contributed by atoms with van der Waals surface area (Å²) in [7, 11) is 0. The number of rotatable bonds is 0. The van der Waals surface area contributed by atoms with Crippen molar-refractivity contribution in [1.82, 2.24) is 5.32 Å². The molecule has 3 fully saturated rings. The zero-order chi connectivity index (χ0) is 13.0. The molecule has 0 radical (unpaired) electrons. The lowest BCUT2D eigenvalue weighted by molar-refractivity contribution is -0.282. The van der Waals surface area contributed by atoms with E-state index in [1.165, 1.54) is 0 Å². The number of amides is 1. The lowest BCUT2D eigenvalue weighted by atomic mass is 9.51. The van der Waals surface area contributed by atoms with E-state index in [0.29, 0.717) is 19.1 Å². The summed E-state index contributed by atoms with van der Waals surface area (Å²) >= 11 is 0. The van der Waals surface area contributed by atoms with E-state index in [4.69, 9.17) is 9.47 Å². The Kier molecular flexibility index (Phi) is 2.55. The summed E-state index contributed by atoms with van der Waals surface area (Å²) in [5.41, 5.74) is -0.378. The van der Waals surface area contributed by atoms with Gasteiger partial charge in [-0.15, -0.1) is 0 Å². The highest BCUT2D eigenvalue weighted by molar-refractivity contribution is 5.83. The highest BCUT2D eigenvalue weighted by atomic mass is 16.7. The number of hydrogen-bond donors (Lipinski definition) is 1. The molecule has 2 heterocycles. The van der Waals surface area contributed by atoms with Gasteiger partial charge in [0.1, 0.15) is 0 Å². The summed E-state index contributed by atoms with van der Waals surface area (Å²) in [6.07, 6.45) is 2.69. The Balaban J connectivity index is 1.99. The van der Waals surface area contributed by atoms with Crippen LogP contribution >= 0.6 is 0 Å². The second-order valence-electron chi connectivity index (χ2n) is 6.69. The molecule has 0 bridgehead atoms. The Bertz CT molecular complexity index is 373. The van der Waals surface area contributed by atoms with Crippen LogP contribution in [0.15, 0.2) is 0 Å². The van der Waals surface area contributed by atoms with E-state index >= 15 is 0 Å². The third-order valence-electron chi connectivity index (χ3n) is 5.59. The maximum Gasteiger partial charge on any atom is 0.226 e. The number of hydrogen-bond acceptors (Lipinski definition) is 3. The summed E-state index contributed by atoms with van der Waals surface area (Å²) in [6.45, 7) is 8.66. The van der Waals surface area contributed by atoms with Gasteiger partial charge in [0.05, 0.1) is 18.6 Å². The van der Waals surface area contributed by atoms with Crippen LogP contribution in [-0.2, 0) is 14.3 Å². The zero-order valence-corrected chi connectivity index (χ0v) is 11.5. The Morgan fingerprint density at radius 2 is 1.83 bits per heavy atom. The molecular formula is C14H23NO3. The van der Waals surface area contributed by atoms with Gasteiger partial charge in [-0.05, 0) is 18.8 Å². The summed E-state index contributed by atoms with van der Waals surface area (Å²) < 4.78 is 11.9. The molecule has 18 heavy (non-hydrogen) atoms. The normalized spacial score (nSPS) is 41.5. The monoisotopic (exact) mass is 253 g/mol. The van der Waals surface area contributed by atoms with Gasteiger partial charge in [-0.1, -0.05) is 20.8 Å². The summed E-state index contributed by atoms with van der Waals surface area (Å²) in [4.78, 5) is 12.2. The fraction of sp³-hybridized carbons (Fsp3) is 0.929. The third kappa shape index (κ3) is 1.36. The molecule has 1 amide bonds. The molecule has 4 nitrogen and oxygen atoms in total. The van der Waals surface area contributed by atoms with Crippen LogP contribution in [0, 0.1) is 16.7 Å². The van der Waals surface area contributed by atoms with Gasteiger partial charge in [0.25, 0.3) is 0 Å². The fourth-order valence-corrected chi connectivity index (χ4v) is 4.44. The summed E-state index contributed by atoms with van der Waals surface area (Å²) in [5.74, 6) is 0.0692. The number of ether oxygens (including phenoxy) is 2. The van der Waals surface area contributed by atoms with Crippen molar-refractivity contribution in [1.29, 1.82) is 0 Å². The average molecular weight is 253 g/mol. The average Bonchev–Trinajstić information content (AvgIpc) is 2.79. The molecule has 2 atom stereocenters. The Hall–Kier alpha value is -0.610. The molecule has 4 heteroatoms. The van der Waals surface area contributed by atoms with Crippen molar-refractivity contribution >= 4 is 5.91 Å². The molecule has 0 aromatic rings. The van der Waals surface area contributed by atoms with Crippen LogP contribution in [0.5, 0.6) is 0 Å². The van der Waals surface area contributed by atoms with Crippen LogP contribution in [0.1, 0.15) is 40.0 Å². The highest BCUT2D eigenvalue weighted by Gasteiger charge is 2.64. The molecule has 3 aliphatic rings. The molecule has 1 N–H and O–H groups in total. The number of piperidine rings is 1. The molecule has 0 aromatic heterocycles. The van der Waals surface area contributed by atoms with Gasteiger partial charge >= 0.3 is 0 Å². The minimum atomic E-state index is -0.463. The second-order valence-corrected chi connectivity index (χ2v) is 6.69. The second kappa shape index (κ2) is 3.70. The Morgan fingerprint density at radius 3 is 2.50 bits per heavy atom. The van der Waals surface area contributed by atoms with Crippen molar-refractivity contribution in [3.05, 3.63) is 0 Å². The quantitative estimate of drug-likeness (QED) is 0.714. The maximum absolute atomic E-state index is 12.2. The highest BCUT2D eigenvalue weighted by Crippen LogP contribution is 2.60. The SMILES string of the molecule is CC1(C)[C@H]2CCNC(=O)[C@@]2(C)CCC12OCCO2. The molecule has 2 aliphatic heterocycles. The van der Waals surface area contributed by atoms with Crippen LogP contribution < -0.4 is 5.32 Å². The first-order valence-corrected chi connectivity index (χ1v) is 6.99.